The second kappa shape index (κ2) is 9.04. The molecule has 126 valence electrons. The molecule has 1 amide bonds. The van der Waals surface area contributed by atoms with Gasteiger partial charge in [0.2, 0.25) is 0 Å². The summed E-state index contributed by atoms with van der Waals surface area (Å²) >= 11 is 0. The maximum Gasteiger partial charge on any atom is 0.269 e. The third-order valence-electron chi connectivity index (χ3n) is 4.09. The zero-order valence-electron chi connectivity index (χ0n) is 14.4. The number of nitrogens with zero attached hydrogens (tertiary/aromatic N) is 1. The van der Waals surface area contributed by atoms with E-state index in [1.54, 1.807) is 6.08 Å². The molecule has 24 heavy (non-hydrogen) atoms. The van der Waals surface area contributed by atoms with Gasteiger partial charge in [-0.2, -0.15) is 0 Å². The molecular formula is C21H25NO2. The summed E-state index contributed by atoms with van der Waals surface area (Å²) in [5.74, 6) is -0.425. The number of hydrogen-bond donors (Lipinski definition) is 1. The lowest BCUT2D eigenvalue weighted by Gasteiger charge is -2.09. The van der Waals surface area contributed by atoms with E-state index in [1.807, 2.05) is 6.07 Å². The van der Waals surface area contributed by atoms with E-state index in [2.05, 4.69) is 49.4 Å². The van der Waals surface area contributed by atoms with Crippen LogP contribution in [0.1, 0.15) is 35.6 Å². The maximum atomic E-state index is 11.5. The van der Waals surface area contributed by atoms with Gasteiger partial charge in [-0.05, 0) is 54.0 Å². The standard InChI is InChI=1S/C21H25NO2/c1-3-19-13-12-18(11-7-10-17-8-5-4-6-9-17)16-20(19)14-15-21(23)22(2)24/h4-6,8-9,12-16,24H,3,7,10-11H2,1-2H3/b15-14+. The third kappa shape index (κ3) is 5.36. The predicted octanol–water partition coefficient (Wildman–Crippen LogP) is 4.29. The number of amides is 1. The van der Waals surface area contributed by atoms with Crippen molar-refractivity contribution >= 4 is 12.0 Å². The molecule has 0 saturated carbocycles. The van der Waals surface area contributed by atoms with Gasteiger partial charge in [0.15, 0.2) is 0 Å². The Labute approximate surface area is 144 Å². The zero-order valence-corrected chi connectivity index (χ0v) is 14.4. The molecule has 0 unspecified atom stereocenters. The molecule has 2 rings (SSSR count). The van der Waals surface area contributed by atoms with Gasteiger partial charge in [-0.15, -0.1) is 0 Å². The lowest BCUT2D eigenvalue weighted by Crippen LogP contribution is -2.19. The second-order valence-electron chi connectivity index (χ2n) is 5.92. The highest BCUT2D eigenvalue weighted by Gasteiger charge is 2.04. The van der Waals surface area contributed by atoms with Crippen molar-refractivity contribution in [2.24, 2.45) is 0 Å². The highest BCUT2D eigenvalue weighted by Crippen LogP contribution is 2.17. The van der Waals surface area contributed by atoms with Crippen LogP contribution in [-0.4, -0.2) is 23.2 Å². The first-order valence-corrected chi connectivity index (χ1v) is 8.40. The topological polar surface area (TPSA) is 40.5 Å². The van der Waals surface area contributed by atoms with Crippen LogP contribution in [0.4, 0.5) is 0 Å². The highest BCUT2D eigenvalue weighted by molar-refractivity contribution is 5.91. The van der Waals surface area contributed by atoms with Gasteiger partial charge in [0.1, 0.15) is 0 Å². The van der Waals surface area contributed by atoms with E-state index >= 15 is 0 Å². The number of benzene rings is 2. The quantitative estimate of drug-likeness (QED) is 0.469. The van der Waals surface area contributed by atoms with Crippen LogP contribution in [0.15, 0.2) is 54.6 Å². The number of carbonyl (C=O) groups is 1. The molecule has 1 N–H and O–H groups in total. The Morgan fingerprint density at radius 3 is 2.46 bits per heavy atom. The monoisotopic (exact) mass is 323 g/mol. The van der Waals surface area contributed by atoms with Gasteiger partial charge < -0.3 is 0 Å². The van der Waals surface area contributed by atoms with Gasteiger partial charge in [-0.25, -0.2) is 5.06 Å². The first-order chi connectivity index (χ1) is 11.6. The second-order valence-corrected chi connectivity index (χ2v) is 5.92. The van der Waals surface area contributed by atoms with Gasteiger partial charge >= 0.3 is 0 Å². The first kappa shape index (κ1) is 18.0. The maximum absolute atomic E-state index is 11.5. The summed E-state index contributed by atoms with van der Waals surface area (Å²) in [5.41, 5.74) is 4.88. The zero-order chi connectivity index (χ0) is 17.4. The Morgan fingerprint density at radius 1 is 1.08 bits per heavy atom. The lowest BCUT2D eigenvalue weighted by atomic mass is 9.98. The van der Waals surface area contributed by atoms with Crippen LogP contribution in [0.5, 0.6) is 0 Å². The molecule has 0 aliphatic carbocycles. The van der Waals surface area contributed by atoms with E-state index in [0.717, 1.165) is 31.2 Å². The van der Waals surface area contributed by atoms with Crippen LogP contribution in [0, 0.1) is 0 Å². The van der Waals surface area contributed by atoms with E-state index in [-0.39, 0.29) is 0 Å². The number of carbonyl (C=O) groups excluding carboxylic acids is 1. The summed E-state index contributed by atoms with van der Waals surface area (Å²) in [6.45, 7) is 2.10. The first-order valence-electron chi connectivity index (χ1n) is 8.40. The van der Waals surface area contributed by atoms with Gasteiger partial charge in [0.25, 0.3) is 5.91 Å². The minimum absolute atomic E-state index is 0.425. The van der Waals surface area contributed by atoms with Crippen molar-refractivity contribution in [3.63, 3.8) is 0 Å². The Morgan fingerprint density at radius 2 is 1.79 bits per heavy atom. The molecule has 3 heteroatoms. The Balaban J connectivity index is 2.03. The summed E-state index contributed by atoms with van der Waals surface area (Å²) in [4.78, 5) is 11.5. The summed E-state index contributed by atoms with van der Waals surface area (Å²) < 4.78 is 0. The van der Waals surface area contributed by atoms with Crippen LogP contribution in [0.3, 0.4) is 0 Å². The Kier molecular flexibility index (Phi) is 6.76. The van der Waals surface area contributed by atoms with Gasteiger partial charge in [-0.3, -0.25) is 10.0 Å². The fourth-order valence-corrected chi connectivity index (χ4v) is 2.69. The van der Waals surface area contributed by atoms with Crippen LogP contribution < -0.4 is 0 Å². The molecule has 0 radical (unpaired) electrons. The number of aryl methyl sites for hydroxylation is 3. The summed E-state index contributed by atoms with van der Waals surface area (Å²) in [6, 6.07) is 16.9. The van der Waals surface area contributed by atoms with E-state index in [1.165, 1.54) is 29.8 Å². The molecule has 0 atom stereocenters. The third-order valence-corrected chi connectivity index (χ3v) is 4.09. The van der Waals surface area contributed by atoms with E-state index in [4.69, 9.17) is 5.21 Å². The molecule has 0 aromatic heterocycles. The molecule has 0 bridgehead atoms. The normalized spacial score (nSPS) is 11.0. The summed E-state index contributed by atoms with van der Waals surface area (Å²) in [7, 11) is 1.33. The average Bonchev–Trinajstić information content (AvgIpc) is 2.60. The van der Waals surface area contributed by atoms with Crippen molar-refractivity contribution in [2.75, 3.05) is 7.05 Å². The molecule has 0 saturated heterocycles. The molecule has 0 fully saturated rings. The highest BCUT2D eigenvalue weighted by atomic mass is 16.5. The minimum atomic E-state index is -0.425. The van der Waals surface area contributed by atoms with Crippen molar-refractivity contribution in [1.29, 1.82) is 0 Å². The van der Waals surface area contributed by atoms with Crippen molar-refractivity contribution in [2.45, 2.75) is 32.6 Å². The molecule has 0 aliphatic rings. The fraction of sp³-hybridized carbons (Fsp3) is 0.286. The molecule has 0 heterocycles. The van der Waals surface area contributed by atoms with E-state index in [9.17, 15) is 4.79 Å². The van der Waals surface area contributed by atoms with Gasteiger partial charge in [-0.1, -0.05) is 55.5 Å². The van der Waals surface area contributed by atoms with Crippen LogP contribution in [-0.2, 0) is 24.1 Å². The minimum Gasteiger partial charge on any atom is -0.286 e. The van der Waals surface area contributed by atoms with Gasteiger partial charge in [0.05, 0.1) is 0 Å². The SMILES string of the molecule is CCc1ccc(CCCc2ccccc2)cc1/C=C/C(=O)N(C)O. The number of hydroxylamine groups is 2. The number of likely N-dealkylation sites (N-methyl/N-ethyl adjacent to an activating group) is 1. The van der Waals surface area contributed by atoms with E-state index in [0.29, 0.717) is 5.06 Å². The van der Waals surface area contributed by atoms with Crippen LogP contribution in [0.25, 0.3) is 6.08 Å². The average molecular weight is 323 g/mol. The van der Waals surface area contributed by atoms with E-state index < -0.39 is 5.91 Å². The fourth-order valence-electron chi connectivity index (χ4n) is 2.69. The van der Waals surface area contributed by atoms with Crippen molar-refractivity contribution in [3.05, 3.63) is 76.9 Å². The van der Waals surface area contributed by atoms with Crippen LogP contribution >= 0.6 is 0 Å². The van der Waals surface area contributed by atoms with Crippen molar-refractivity contribution in [3.8, 4) is 0 Å². The largest absolute Gasteiger partial charge is 0.286 e. The molecule has 2 aromatic rings. The van der Waals surface area contributed by atoms with Crippen molar-refractivity contribution < 1.29 is 10.0 Å². The number of hydrogen-bond acceptors (Lipinski definition) is 2. The van der Waals surface area contributed by atoms with Crippen molar-refractivity contribution in [1.82, 2.24) is 5.06 Å². The molecular weight excluding hydrogens is 298 g/mol. The molecule has 0 aliphatic heterocycles. The van der Waals surface area contributed by atoms with Gasteiger partial charge in [0, 0.05) is 13.1 Å². The lowest BCUT2D eigenvalue weighted by molar-refractivity contribution is -0.153. The summed E-state index contributed by atoms with van der Waals surface area (Å²) in [6.07, 6.45) is 7.27. The predicted molar refractivity (Wildman–Crippen MR) is 97.9 cm³/mol. The Bertz CT molecular complexity index is 690. The number of rotatable bonds is 7. The molecule has 3 nitrogen and oxygen atoms in total. The van der Waals surface area contributed by atoms with Crippen LogP contribution in [0.2, 0.25) is 0 Å². The molecule has 0 spiro atoms. The Hall–Kier alpha value is -2.39. The molecule has 2 aromatic carbocycles. The summed E-state index contributed by atoms with van der Waals surface area (Å²) in [5, 5.41) is 9.73. The smallest absolute Gasteiger partial charge is 0.269 e.